The van der Waals surface area contributed by atoms with Gasteiger partial charge >= 0.3 is 0 Å². The molecule has 0 atom stereocenters. The van der Waals surface area contributed by atoms with Crippen molar-refractivity contribution in [3.8, 4) is 16.9 Å². The Kier molecular flexibility index (Phi) is 6.01. The minimum absolute atomic E-state index is 0.125. The molecule has 1 amide bonds. The number of benzene rings is 3. The first kappa shape index (κ1) is 21.7. The minimum Gasteiger partial charge on any atom is -0.496 e. The van der Waals surface area contributed by atoms with E-state index in [1.807, 2.05) is 44.2 Å². The second kappa shape index (κ2) is 8.89. The molecule has 3 aromatic carbocycles. The first-order valence-corrected chi connectivity index (χ1v) is 10.4. The number of amides is 1. The van der Waals surface area contributed by atoms with Crippen molar-refractivity contribution in [2.75, 3.05) is 12.4 Å². The smallest absolute Gasteiger partial charge is 0.248 e. The molecule has 0 saturated heterocycles. The van der Waals surface area contributed by atoms with E-state index >= 15 is 0 Å². The molecule has 4 rings (SSSR count). The Morgan fingerprint density at radius 1 is 1.16 bits per heavy atom. The zero-order valence-electron chi connectivity index (χ0n) is 17.8. The summed E-state index contributed by atoms with van der Waals surface area (Å²) in [5.74, 6) is -0.313. The third-order valence-electron chi connectivity index (χ3n) is 5.31. The van der Waals surface area contributed by atoms with Crippen molar-refractivity contribution in [3.05, 3.63) is 88.9 Å². The average molecular weight is 450 g/mol. The summed E-state index contributed by atoms with van der Waals surface area (Å²) in [5, 5.41) is 4.12. The number of methoxy groups -OCH3 is 1. The highest BCUT2D eigenvalue weighted by atomic mass is 35.5. The van der Waals surface area contributed by atoms with E-state index in [1.54, 1.807) is 25.5 Å². The van der Waals surface area contributed by atoms with Crippen LogP contribution in [0.4, 0.5) is 10.1 Å². The molecule has 0 aliphatic rings. The van der Waals surface area contributed by atoms with Crippen LogP contribution in [0.3, 0.4) is 0 Å². The average Bonchev–Trinajstić information content (AvgIpc) is 3.20. The van der Waals surface area contributed by atoms with Gasteiger partial charge in [-0.25, -0.2) is 4.39 Å². The number of carbonyl (C=O) groups is 1. The van der Waals surface area contributed by atoms with Crippen molar-refractivity contribution >= 4 is 39.7 Å². The van der Waals surface area contributed by atoms with Gasteiger partial charge in [-0.15, -0.1) is 0 Å². The number of ether oxygens (including phenoxy) is 1. The molecule has 1 N–H and O–H groups in total. The highest BCUT2D eigenvalue weighted by Crippen LogP contribution is 2.40. The van der Waals surface area contributed by atoms with Crippen LogP contribution in [0.15, 0.2) is 71.4 Å². The highest BCUT2D eigenvalue weighted by molar-refractivity contribution is 6.30. The van der Waals surface area contributed by atoms with E-state index in [0.717, 1.165) is 27.6 Å². The minimum atomic E-state index is -0.493. The summed E-state index contributed by atoms with van der Waals surface area (Å²) >= 11 is 6.03. The van der Waals surface area contributed by atoms with Crippen LogP contribution in [-0.2, 0) is 4.79 Å². The van der Waals surface area contributed by atoms with Gasteiger partial charge in [-0.05, 0) is 55.3 Å². The maximum atomic E-state index is 13.9. The van der Waals surface area contributed by atoms with Gasteiger partial charge in [0.15, 0.2) is 0 Å². The first-order chi connectivity index (χ1) is 15.4. The Morgan fingerprint density at radius 3 is 2.56 bits per heavy atom. The Hall–Kier alpha value is -3.57. The SMILES string of the molecule is COc1c(/C(C)=C/C(=O)Nc2ccccc2F)cc2c(-c3ccc(Cl)cc3)coc2c1C. The zero-order chi connectivity index (χ0) is 22.8. The fourth-order valence-corrected chi connectivity index (χ4v) is 3.86. The molecule has 0 aliphatic heterocycles. The predicted octanol–water partition coefficient (Wildman–Crippen LogP) is 7.25. The number of hydrogen-bond donors (Lipinski definition) is 1. The molecule has 0 aliphatic carbocycles. The Bertz CT molecular complexity index is 1340. The lowest BCUT2D eigenvalue weighted by Crippen LogP contribution is -2.10. The van der Waals surface area contributed by atoms with Crippen molar-refractivity contribution < 1.29 is 18.3 Å². The van der Waals surface area contributed by atoms with Crippen molar-refractivity contribution in [3.63, 3.8) is 0 Å². The second-order valence-electron chi connectivity index (χ2n) is 7.41. The van der Waals surface area contributed by atoms with Gasteiger partial charge < -0.3 is 14.5 Å². The van der Waals surface area contributed by atoms with E-state index in [1.165, 1.54) is 18.2 Å². The van der Waals surface area contributed by atoms with Gasteiger partial charge in [-0.1, -0.05) is 35.9 Å². The Morgan fingerprint density at radius 2 is 1.88 bits per heavy atom. The largest absolute Gasteiger partial charge is 0.496 e. The van der Waals surface area contributed by atoms with Gasteiger partial charge in [0.05, 0.1) is 19.1 Å². The van der Waals surface area contributed by atoms with Crippen LogP contribution in [0.2, 0.25) is 5.02 Å². The topological polar surface area (TPSA) is 51.5 Å². The first-order valence-electron chi connectivity index (χ1n) is 9.98. The van der Waals surface area contributed by atoms with E-state index < -0.39 is 11.7 Å². The van der Waals surface area contributed by atoms with Gasteiger partial charge in [0, 0.05) is 33.2 Å². The van der Waals surface area contributed by atoms with Gasteiger partial charge in [0.1, 0.15) is 17.1 Å². The number of anilines is 1. The molecule has 4 nitrogen and oxygen atoms in total. The van der Waals surface area contributed by atoms with Crippen LogP contribution in [0.25, 0.3) is 27.7 Å². The van der Waals surface area contributed by atoms with E-state index in [2.05, 4.69) is 5.32 Å². The molecule has 0 bridgehead atoms. The quantitative estimate of drug-likeness (QED) is 0.326. The lowest BCUT2D eigenvalue weighted by Gasteiger charge is -2.13. The fourth-order valence-electron chi connectivity index (χ4n) is 3.73. The van der Waals surface area contributed by atoms with E-state index in [4.69, 9.17) is 20.8 Å². The molecular weight excluding hydrogens is 429 g/mol. The van der Waals surface area contributed by atoms with E-state index in [0.29, 0.717) is 21.9 Å². The lowest BCUT2D eigenvalue weighted by atomic mass is 9.96. The number of para-hydroxylation sites is 1. The molecule has 0 saturated carbocycles. The number of fused-ring (bicyclic) bond motifs is 1. The van der Waals surface area contributed by atoms with Gasteiger partial charge in [0.2, 0.25) is 5.91 Å². The third-order valence-corrected chi connectivity index (χ3v) is 5.56. The third kappa shape index (κ3) is 4.12. The van der Waals surface area contributed by atoms with Crippen LogP contribution >= 0.6 is 11.6 Å². The molecule has 4 aromatic rings. The molecule has 1 heterocycles. The van der Waals surface area contributed by atoms with Gasteiger partial charge in [-0.2, -0.15) is 0 Å². The number of nitrogens with one attached hydrogen (secondary N) is 1. The summed E-state index contributed by atoms with van der Waals surface area (Å²) in [6.45, 7) is 3.72. The van der Waals surface area contributed by atoms with Crippen molar-refractivity contribution in [2.24, 2.45) is 0 Å². The Labute approximate surface area is 190 Å². The molecule has 0 spiro atoms. The maximum absolute atomic E-state index is 13.9. The van der Waals surface area contributed by atoms with Crippen LogP contribution < -0.4 is 10.1 Å². The summed E-state index contributed by atoms with van der Waals surface area (Å²) in [4.78, 5) is 12.5. The van der Waals surface area contributed by atoms with Gasteiger partial charge in [0.25, 0.3) is 0 Å². The van der Waals surface area contributed by atoms with Crippen LogP contribution in [0, 0.1) is 12.7 Å². The molecule has 0 unspecified atom stereocenters. The molecule has 6 heteroatoms. The number of rotatable bonds is 5. The molecule has 162 valence electrons. The monoisotopic (exact) mass is 449 g/mol. The van der Waals surface area contributed by atoms with Crippen molar-refractivity contribution in [2.45, 2.75) is 13.8 Å². The number of hydrogen-bond acceptors (Lipinski definition) is 3. The standard InChI is InChI=1S/C26H21ClFNO3/c1-15(12-24(30)29-23-7-5-4-6-22(23)28)19-13-20-21(17-8-10-18(27)11-9-17)14-32-26(20)16(2)25(19)31-3/h4-14H,1-3H3,(H,29,30)/b15-12+. The Balaban J connectivity index is 1.77. The van der Waals surface area contributed by atoms with Gasteiger partial charge in [-0.3, -0.25) is 4.79 Å². The van der Waals surface area contributed by atoms with E-state index in [9.17, 15) is 9.18 Å². The van der Waals surface area contributed by atoms with Crippen molar-refractivity contribution in [1.29, 1.82) is 0 Å². The summed E-state index contributed by atoms with van der Waals surface area (Å²) in [6, 6.07) is 15.5. The highest BCUT2D eigenvalue weighted by Gasteiger charge is 2.19. The number of furan rings is 1. The molecule has 0 radical (unpaired) electrons. The fraction of sp³-hybridized carbons (Fsp3) is 0.115. The molecular formula is C26H21ClFNO3. The maximum Gasteiger partial charge on any atom is 0.248 e. The normalized spacial score (nSPS) is 11.6. The number of halogens is 2. The predicted molar refractivity (Wildman–Crippen MR) is 127 cm³/mol. The number of carbonyl (C=O) groups excluding carboxylic acids is 1. The van der Waals surface area contributed by atoms with Crippen LogP contribution in [0.1, 0.15) is 18.1 Å². The summed E-state index contributed by atoms with van der Waals surface area (Å²) in [6.07, 6.45) is 3.13. The summed E-state index contributed by atoms with van der Waals surface area (Å²) in [7, 11) is 1.58. The summed E-state index contributed by atoms with van der Waals surface area (Å²) in [5.41, 5.74) is 4.94. The van der Waals surface area contributed by atoms with E-state index in [-0.39, 0.29) is 5.69 Å². The lowest BCUT2D eigenvalue weighted by molar-refractivity contribution is -0.111. The van der Waals surface area contributed by atoms with Crippen LogP contribution in [0.5, 0.6) is 5.75 Å². The molecule has 32 heavy (non-hydrogen) atoms. The van der Waals surface area contributed by atoms with Crippen LogP contribution in [-0.4, -0.2) is 13.0 Å². The molecule has 0 fully saturated rings. The zero-order valence-corrected chi connectivity index (χ0v) is 18.6. The molecule has 1 aromatic heterocycles. The second-order valence-corrected chi connectivity index (χ2v) is 7.85. The van der Waals surface area contributed by atoms with Crippen molar-refractivity contribution in [1.82, 2.24) is 0 Å². The number of allylic oxidation sites excluding steroid dienone is 1. The summed E-state index contributed by atoms with van der Waals surface area (Å²) < 4.78 is 25.4. The number of aryl methyl sites for hydroxylation is 1.